The quantitative estimate of drug-likeness (QED) is 0.481. The molecule has 0 bridgehead atoms. The number of carbonyl (C=O) groups excluding carboxylic acids is 1. The van der Waals surface area contributed by atoms with Crippen molar-refractivity contribution in [3.63, 3.8) is 0 Å². The Morgan fingerprint density at radius 2 is 1.60 bits per heavy atom. The minimum atomic E-state index is -0.793. The fraction of sp³-hybridized carbons (Fsp3) is 0.321. The molecule has 182 valence electrons. The van der Waals surface area contributed by atoms with Crippen LogP contribution in [0.3, 0.4) is 0 Å². The average Bonchev–Trinajstić information content (AvgIpc) is 2.93. The van der Waals surface area contributed by atoms with Gasteiger partial charge in [-0.1, -0.05) is 54.6 Å². The summed E-state index contributed by atoms with van der Waals surface area (Å²) in [6.45, 7) is 4.19. The first kappa shape index (κ1) is 23.1. The molecule has 3 aromatic rings. The Morgan fingerprint density at radius 3 is 2.37 bits per heavy atom. The van der Waals surface area contributed by atoms with Crippen LogP contribution in [0.25, 0.3) is 0 Å². The van der Waals surface area contributed by atoms with E-state index in [9.17, 15) is 4.79 Å². The van der Waals surface area contributed by atoms with Crippen LogP contribution in [-0.2, 0) is 9.53 Å². The number of esters is 1. The van der Waals surface area contributed by atoms with E-state index in [1.165, 1.54) is 0 Å². The second-order valence-electron chi connectivity index (χ2n) is 8.66. The molecule has 2 aliphatic rings. The highest BCUT2D eigenvalue weighted by Crippen LogP contribution is 2.32. The highest BCUT2D eigenvalue weighted by Gasteiger charge is 2.32. The number of para-hydroxylation sites is 4. The molecule has 3 aromatic carbocycles. The lowest BCUT2D eigenvalue weighted by Crippen LogP contribution is -2.48. The van der Waals surface area contributed by atoms with Crippen LogP contribution in [0, 0.1) is 0 Å². The first-order valence-corrected chi connectivity index (χ1v) is 12.0. The molecule has 2 unspecified atom stereocenters. The van der Waals surface area contributed by atoms with E-state index in [0.717, 1.165) is 43.2 Å². The predicted molar refractivity (Wildman–Crippen MR) is 133 cm³/mol. The van der Waals surface area contributed by atoms with Gasteiger partial charge in [-0.3, -0.25) is 4.90 Å². The van der Waals surface area contributed by atoms with Crippen LogP contribution in [0.2, 0.25) is 0 Å². The van der Waals surface area contributed by atoms with E-state index in [4.69, 9.17) is 18.9 Å². The summed E-state index contributed by atoms with van der Waals surface area (Å²) >= 11 is 0. The van der Waals surface area contributed by atoms with Crippen molar-refractivity contribution in [1.29, 1.82) is 0 Å². The third kappa shape index (κ3) is 5.35. The van der Waals surface area contributed by atoms with Gasteiger partial charge in [0.25, 0.3) is 0 Å². The van der Waals surface area contributed by atoms with Gasteiger partial charge in [-0.25, -0.2) is 4.79 Å². The number of hydrogen-bond donors (Lipinski definition) is 0. The van der Waals surface area contributed by atoms with Crippen LogP contribution >= 0.6 is 0 Å². The van der Waals surface area contributed by atoms with Gasteiger partial charge in [0.05, 0.1) is 12.8 Å². The Morgan fingerprint density at radius 1 is 0.914 bits per heavy atom. The number of rotatable bonds is 7. The normalized spacial score (nSPS) is 18.5. The third-order valence-corrected chi connectivity index (χ3v) is 6.42. The van der Waals surface area contributed by atoms with Gasteiger partial charge in [0, 0.05) is 32.7 Å². The van der Waals surface area contributed by atoms with E-state index in [1.54, 1.807) is 13.2 Å². The van der Waals surface area contributed by atoms with Crippen molar-refractivity contribution in [2.45, 2.75) is 12.2 Å². The van der Waals surface area contributed by atoms with Crippen LogP contribution in [0.1, 0.15) is 11.7 Å². The maximum absolute atomic E-state index is 13.1. The van der Waals surface area contributed by atoms with Crippen molar-refractivity contribution in [2.24, 2.45) is 0 Å². The standard InChI is InChI=1S/C28H30N2O5/c1-32-23-12-6-5-11-22(23)30-17-15-29(16-18-30)19-26(21-9-3-2-4-10-21)35-28(31)27-20-33-24-13-7-8-14-25(24)34-27/h2-14,26-27H,15-20H2,1H3. The molecule has 1 saturated heterocycles. The van der Waals surface area contributed by atoms with Gasteiger partial charge in [-0.05, 0) is 29.8 Å². The Hall–Kier alpha value is -3.71. The molecule has 0 radical (unpaired) electrons. The van der Waals surface area contributed by atoms with Crippen molar-refractivity contribution in [3.8, 4) is 17.2 Å². The number of ether oxygens (including phenoxy) is 4. The summed E-state index contributed by atoms with van der Waals surface area (Å²) in [5.41, 5.74) is 2.07. The highest BCUT2D eigenvalue weighted by atomic mass is 16.6. The molecule has 35 heavy (non-hydrogen) atoms. The lowest BCUT2D eigenvalue weighted by Gasteiger charge is -2.38. The number of nitrogens with zero attached hydrogens (tertiary/aromatic N) is 2. The van der Waals surface area contributed by atoms with Crippen molar-refractivity contribution < 1.29 is 23.7 Å². The maximum atomic E-state index is 13.1. The van der Waals surface area contributed by atoms with Gasteiger partial charge in [0.2, 0.25) is 6.10 Å². The number of fused-ring (bicyclic) bond motifs is 1. The topological polar surface area (TPSA) is 60.5 Å². The van der Waals surface area contributed by atoms with E-state index < -0.39 is 18.2 Å². The Kier molecular flexibility index (Phi) is 7.04. The zero-order valence-electron chi connectivity index (χ0n) is 19.8. The van der Waals surface area contributed by atoms with Gasteiger partial charge in [-0.15, -0.1) is 0 Å². The number of hydrogen-bond acceptors (Lipinski definition) is 7. The van der Waals surface area contributed by atoms with E-state index in [-0.39, 0.29) is 6.61 Å². The fourth-order valence-corrected chi connectivity index (χ4v) is 4.53. The van der Waals surface area contributed by atoms with E-state index in [0.29, 0.717) is 18.0 Å². The second kappa shape index (κ2) is 10.7. The minimum Gasteiger partial charge on any atom is -0.495 e. The SMILES string of the molecule is COc1ccccc1N1CCN(CC(OC(=O)C2COc3ccccc3O2)c2ccccc2)CC1. The largest absolute Gasteiger partial charge is 0.495 e. The number of carbonyl (C=O) groups is 1. The van der Waals surface area contributed by atoms with Crippen LogP contribution in [0.4, 0.5) is 5.69 Å². The third-order valence-electron chi connectivity index (χ3n) is 6.42. The smallest absolute Gasteiger partial charge is 0.351 e. The molecule has 0 aromatic heterocycles. The lowest BCUT2D eigenvalue weighted by atomic mass is 10.1. The Labute approximate surface area is 205 Å². The first-order valence-electron chi connectivity index (χ1n) is 12.0. The first-order chi connectivity index (χ1) is 17.2. The number of methoxy groups -OCH3 is 1. The lowest BCUT2D eigenvalue weighted by molar-refractivity contribution is -0.161. The Balaban J connectivity index is 1.24. The number of anilines is 1. The van der Waals surface area contributed by atoms with Crippen LogP contribution in [0.15, 0.2) is 78.9 Å². The summed E-state index contributed by atoms with van der Waals surface area (Å²) in [5.74, 6) is 1.67. The summed E-state index contributed by atoms with van der Waals surface area (Å²) in [6.07, 6.45) is -1.19. The van der Waals surface area contributed by atoms with Gasteiger partial charge in [0.1, 0.15) is 18.5 Å². The molecular weight excluding hydrogens is 444 g/mol. The van der Waals surface area contributed by atoms with E-state index >= 15 is 0 Å². The number of piperazine rings is 1. The fourth-order valence-electron chi connectivity index (χ4n) is 4.53. The van der Waals surface area contributed by atoms with Crippen molar-refractivity contribution in [3.05, 3.63) is 84.4 Å². The molecule has 7 heteroatoms. The molecule has 2 atom stereocenters. The maximum Gasteiger partial charge on any atom is 0.351 e. The molecule has 2 heterocycles. The molecule has 2 aliphatic heterocycles. The van der Waals surface area contributed by atoms with Crippen molar-refractivity contribution in [1.82, 2.24) is 4.90 Å². The highest BCUT2D eigenvalue weighted by molar-refractivity contribution is 5.76. The molecular formula is C28H30N2O5. The zero-order chi connectivity index (χ0) is 24.0. The Bertz CT molecular complexity index is 1130. The van der Waals surface area contributed by atoms with Crippen LogP contribution in [0.5, 0.6) is 17.2 Å². The zero-order valence-corrected chi connectivity index (χ0v) is 19.8. The summed E-state index contributed by atoms with van der Waals surface area (Å²) < 4.78 is 23.1. The second-order valence-corrected chi connectivity index (χ2v) is 8.66. The number of benzene rings is 3. The van der Waals surface area contributed by atoms with Crippen LogP contribution in [-0.4, -0.2) is 63.4 Å². The molecule has 0 spiro atoms. The van der Waals surface area contributed by atoms with Crippen molar-refractivity contribution >= 4 is 11.7 Å². The average molecular weight is 475 g/mol. The van der Waals surface area contributed by atoms with Crippen molar-refractivity contribution in [2.75, 3.05) is 51.3 Å². The molecule has 1 fully saturated rings. The minimum absolute atomic E-state index is 0.134. The molecule has 0 saturated carbocycles. The molecule has 0 amide bonds. The van der Waals surface area contributed by atoms with Gasteiger partial charge >= 0.3 is 5.97 Å². The monoisotopic (exact) mass is 474 g/mol. The molecule has 7 nitrogen and oxygen atoms in total. The van der Waals surface area contributed by atoms with Gasteiger partial charge in [0.15, 0.2) is 11.5 Å². The van der Waals surface area contributed by atoms with E-state index in [1.807, 2.05) is 66.7 Å². The molecule has 0 aliphatic carbocycles. The van der Waals surface area contributed by atoms with E-state index in [2.05, 4.69) is 15.9 Å². The summed E-state index contributed by atoms with van der Waals surface area (Å²) in [4.78, 5) is 17.7. The predicted octanol–water partition coefficient (Wildman–Crippen LogP) is 3.94. The van der Waals surface area contributed by atoms with Gasteiger partial charge in [-0.2, -0.15) is 0 Å². The molecule has 0 N–H and O–H groups in total. The summed E-state index contributed by atoms with van der Waals surface area (Å²) in [7, 11) is 1.70. The van der Waals surface area contributed by atoms with Gasteiger partial charge < -0.3 is 23.8 Å². The van der Waals surface area contributed by atoms with Crippen LogP contribution < -0.4 is 19.1 Å². The summed E-state index contributed by atoms with van der Waals surface area (Å²) in [6, 6.07) is 25.3. The molecule has 5 rings (SSSR count). The summed E-state index contributed by atoms with van der Waals surface area (Å²) in [5, 5.41) is 0.